The first-order chi connectivity index (χ1) is 16.5. The van der Waals surface area contributed by atoms with Crippen molar-refractivity contribution in [3.05, 3.63) is 42.6 Å². The summed E-state index contributed by atoms with van der Waals surface area (Å²) in [6.07, 6.45) is -0.0621. The summed E-state index contributed by atoms with van der Waals surface area (Å²) in [7, 11) is 1.60. The molecule has 0 saturated carbocycles. The zero-order valence-electron chi connectivity index (χ0n) is 18.9. The Balaban J connectivity index is 1.91. The number of fused-ring (bicyclic) bond motifs is 1. The number of sulfonamides is 1. The van der Waals surface area contributed by atoms with Gasteiger partial charge >= 0.3 is 6.18 Å². The molecule has 0 radical (unpaired) electrons. The summed E-state index contributed by atoms with van der Waals surface area (Å²) in [6, 6.07) is 2.91. The van der Waals surface area contributed by atoms with Crippen LogP contribution >= 0.6 is 0 Å². The molecule has 15 heteroatoms. The summed E-state index contributed by atoms with van der Waals surface area (Å²) in [6.45, 7) is 0. The van der Waals surface area contributed by atoms with Crippen molar-refractivity contribution in [2.45, 2.75) is 11.1 Å². The summed E-state index contributed by atoms with van der Waals surface area (Å²) in [5.41, 5.74) is -0.457. The molecule has 11 nitrogen and oxygen atoms in total. The largest absolute Gasteiger partial charge is 0.493 e. The van der Waals surface area contributed by atoms with Crippen molar-refractivity contribution >= 4 is 27.2 Å². The molecular weight excluding hydrogens is 491 g/mol. The maximum atomic E-state index is 13.5. The van der Waals surface area contributed by atoms with Crippen molar-refractivity contribution in [3.63, 3.8) is 0 Å². The van der Waals surface area contributed by atoms with E-state index in [1.165, 1.54) is 61.1 Å². The highest BCUT2D eigenvalue weighted by atomic mass is 32.2. The lowest BCUT2D eigenvalue weighted by atomic mass is 10.1. The van der Waals surface area contributed by atoms with Crippen LogP contribution in [0.3, 0.4) is 0 Å². The van der Waals surface area contributed by atoms with Gasteiger partial charge in [-0.05, 0) is 12.1 Å². The minimum atomic E-state index is -4.70. The summed E-state index contributed by atoms with van der Waals surface area (Å²) in [5, 5.41) is 6.48. The molecule has 4 rings (SSSR count). The molecule has 0 aliphatic heterocycles. The molecule has 0 bridgehead atoms. The minimum absolute atomic E-state index is 0.000376. The molecule has 186 valence electrons. The Morgan fingerprint density at radius 2 is 1.83 bits per heavy atom. The molecule has 0 atom stereocenters. The number of nitrogens with one attached hydrogen (secondary N) is 2. The van der Waals surface area contributed by atoms with E-state index in [1.807, 2.05) is 0 Å². The fourth-order valence-corrected chi connectivity index (χ4v) is 4.47. The number of alkyl halides is 3. The summed E-state index contributed by atoms with van der Waals surface area (Å²) >= 11 is 0. The molecule has 3 aromatic heterocycles. The molecule has 0 saturated heterocycles. The number of aryl methyl sites for hydroxylation is 1. The zero-order valence-corrected chi connectivity index (χ0v) is 19.7. The van der Waals surface area contributed by atoms with E-state index in [0.29, 0.717) is 5.56 Å². The van der Waals surface area contributed by atoms with Crippen LogP contribution in [-0.2, 0) is 23.2 Å². The summed E-state index contributed by atoms with van der Waals surface area (Å²) < 4.78 is 81.9. The third-order valence-corrected chi connectivity index (χ3v) is 6.35. The van der Waals surface area contributed by atoms with Crippen molar-refractivity contribution < 1.29 is 31.1 Å². The van der Waals surface area contributed by atoms with Crippen LogP contribution in [0.15, 0.2) is 41.8 Å². The number of hydrogen-bond donors (Lipinski definition) is 2. The highest BCUT2D eigenvalue weighted by molar-refractivity contribution is 7.92. The van der Waals surface area contributed by atoms with E-state index in [2.05, 4.69) is 25.1 Å². The van der Waals surface area contributed by atoms with E-state index < -0.39 is 21.9 Å². The second-order valence-corrected chi connectivity index (χ2v) is 8.96. The highest BCUT2D eigenvalue weighted by Gasteiger charge is 2.34. The van der Waals surface area contributed by atoms with Gasteiger partial charge in [0, 0.05) is 32.1 Å². The van der Waals surface area contributed by atoms with Gasteiger partial charge in [-0.3, -0.25) is 13.8 Å². The standard InChI is InChI=1S/C20H20F3N7O4S/c1-24-18-19-25-8-14(30(19)10-16(27-18)20(21,22)23)11-5-13(17(34-4)15(6-11)33-3)28-35(31,32)12-7-26-29(2)9-12/h5-10,28H,1-4H3,(H,24,27). The number of anilines is 2. The Kier molecular flexibility index (Phi) is 5.96. The number of ether oxygens (including phenoxy) is 2. The maximum Gasteiger partial charge on any atom is 0.434 e. The SMILES string of the molecule is CNc1nc(C(F)(F)F)cn2c(-c3cc(NS(=O)(=O)c4cnn(C)c4)c(OC)c(OC)c3)cnc12. The van der Waals surface area contributed by atoms with E-state index in [0.717, 1.165) is 6.20 Å². The van der Waals surface area contributed by atoms with Crippen LogP contribution in [-0.4, -0.2) is 53.8 Å². The average Bonchev–Trinajstić information content (AvgIpc) is 3.43. The van der Waals surface area contributed by atoms with Crippen molar-refractivity contribution in [3.8, 4) is 22.8 Å². The van der Waals surface area contributed by atoms with Gasteiger partial charge in [-0.15, -0.1) is 0 Å². The predicted molar refractivity (Wildman–Crippen MR) is 120 cm³/mol. The number of halogens is 3. The molecule has 0 fully saturated rings. The van der Waals surface area contributed by atoms with Crippen LogP contribution in [0.1, 0.15) is 5.69 Å². The van der Waals surface area contributed by atoms with Crippen LogP contribution in [0, 0.1) is 0 Å². The second-order valence-electron chi connectivity index (χ2n) is 7.27. The second kappa shape index (κ2) is 8.65. The van der Waals surface area contributed by atoms with Crippen molar-refractivity contribution in [1.82, 2.24) is 24.1 Å². The molecule has 4 aromatic rings. The van der Waals surface area contributed by atoms with Gasteiger partial charge in [0.05, 0.1) is 38.0 Å². The van der Waals surface area contributed by atoms with E-state index in [-0.39, 0.29) is 39.2 Å². The average molecular weight is 511 g/mol. The third-order valence-electron chi connectivity index (χ3n) is 5.03. The molecule has 0 unspecified atom stereocenters. The van der Waals surface area contributed by atoms with Gasteiger partial charge in [-0.25, -0.2) is 18.4 Å². The molecule has 0 aliphatic rings. The number of nitrogens with zero attached hydrogens (tertiary/aromatic N) is 5. The van der Waals surface area contributed by atoms with Gasteiger partial charge in [-0.2, -0.15) is 18.3 Å². The monoisotopic (exact) mass is 511 g/mol. The minimum Gasteiger partial charge on any atom is -0.493 e. The van der Waals surface area contributed by atoms with Gasteiger partial charge in [0.15, 0.2) is 28.7 Å². The lowest BCUT2D eigenvalue weighted by molar-refractivity contribution is -0.141. The fourth-order valence-electron chi connectivity index (χ4n) is 3.44. The number of methoxy groups -OCH3 is 2. The molecular formula is C20H20F3N7O4S. The molecule has 2 N–H and O–H groups in total. The quantitative estimate of drug-likeness (QED) is 0.388. The molecule has 3 heterocycles. The lowest BCUT2D eigenvalue weighted by Crippen LogP contribution is -2.14. The topological polar surface area (TPSA) is 125 Å². The highest BCUT2D eigenvalue weighted by Crippen LogP contribution is 2.41. The third kappa shape index (κ3) is 4.41. The van der Waals surface area contributed by atoms with E-state index >= 15 is 0 Å². The normalized spacial score (nSPS) is 12.1. The molecule has 0 spiro atoms. The van der Waals surface area contributed by atoms with Crippen molar-refractivity contribution in [1.29, 1.82) is 0 Å². The first-order valence-electron chi connectivity index (χ1n) is 9.89. The van der Waals surface area contributed by atoms with Gasteiger partial charge in [0.2, 0.25) is 0 Å². The van der Waals surface area contributed by atoms with Crippen molar-refractivity contribution in [2.75, 3.05) is 31.3 Å². The van der Waals surface area contributed by atoms with Crippen LogP contribution in [0.2, 0.25) is 0 Å². The lowest BCUT2D eigenvalue weighted by Gasteiger charge is -2.16. The zero-order chi connectivity index (χ0) is 25.5. The summed E-state index contributed by atoms with van der Waals surface area (Å²) in [5.74, 6) is 0.137. The van der Waals surface area contributed by atoms with E-state index in [9.17, 15) is 21.6 Å². The smallest absolute Gasteiger partial charge is 0.434 e. The predicted octanol–water partition coefficient (Wildman–Crippen LogP) is 3.01. The van der Waals surface area contributed by atoms with Gasteiger partial charge in [-0.1, -0.05) is 0 Å². The van der Waals surface area contributed by atoms with Gasteiger partial charge in [0.25, 0.3) is 10.0 Å². The maximum absolute atomic E-state index is 13.5. The number of hydrogen-bond acceptors (Lipinski definition) is 8. The Bertz CT molecular complexity index is 1510. The Morgan fingerprint density at radius 3 is 2.40 bits per heavy atom. The number of rotatable bonds is 7. The van der Waals surface area contributed by atoms with Crippen LogP contribution in [0.5, 0.6) is 11.5 Å². The molecule has 35 heavy (non-hydrogen) atoms. The van der Waals surface area contributed by atoms with E-state index in [1.54, 1.807) is 7.05 Å². The first kappa shape index (κ1) is 24.1. The van der Waals surface area contributed by atoms with Crippen LogP contribution < -0.4 is 19.5 Å². The van der Waals surface area contributed by atoms with Crippen LogP contribution in [0.25, 0.3) is 16.9 Å². The number of imidazole rings is 1. The Hall–Kier alpha value is -4.01. The Morgan fingerprint density at radius 1 is 1.09 bits per heavy atom. The summed E-state index contributed by atoms with van der Waals surface area (Å²) in [4.78, 5) is 7.69. The first-order valence-corrected chi connectivity index (χ1v) is 11.4. The fraction of sp³-hybridized carbons (Fsp3) is 0.250. The molecule has 0 aliphatic carbocycles. The number of benzene rings is 1. The van der Waals surface area contributed by atoms with Crippen LogP contribution in [0.4, 0.5) is 24.7 Å². The Labute approximate surface area is 197 Å². The van der Waals surface area contributed by atoms with Crippen molar-refractivity contribution in [2.24, 2.45) is 7.05 Å². The van der Waals surface area contributed by atoms with Gasteiger partial charge in [0.1, 0.15) is 4.90 Å². The molecule has 1 aromatic carbocycles. The molecule has 0 amide bonds. The van der Waals surface area contributed by atoms with Gasteiger partial charge < -0.3 is 14.8 Å². The number of aromatic nitrogens is 5. The van der Waals surface area contributed by atoms with E-state index in [4.69, 9.17) is 9.47 Å².